The fraction of sp³-hybridized carbons (Fsp3) is 0.684. The average molecular weight is 348 g/mol. The predicted molar refractivity (Wildman–Crippen MR) is 89.6 cm³/mol. The van der Waals surface area contributed by atoms with Gasteiger partial charge in [0.1, 0.15) is 5.60 Å². The van der Waals surface area contributed by atoms with Crippen LogP contribution in [0.4, 0.5) is 4.39 Å². The SMILES string of the molecule is O=C(N1CC2(C1)OCC[C@@H]2CCOCc1ccccn1)C1(F)CCC1. The summed E-state index contributed by atoms with van der Waals surface area (Å²) in [5, 5.41) is 0. The number of hydrogen-bond acceptors (Lipinski definition) is 4. The molecule has 25 heavy (non-hydrogen) atoms. The largest absolute Gasteiger partial charge is 0.375 e. The van der Waals surface area contributed by atoms with Crippen LogP contribution in [0.15, 0.2) is 24.4 Å². The fourth-order valence-corrected chi connectivity index (χ4v) is 4.16. The molecule has 3 heterocycles. The molecule has 1 spiro atoms. The summed E-state index contributed by atoms with van der Waals surface area (Å²) in [7, 11) is 0. The Morgan fingerprint density at radius 1 is 1.40 bits per heavy atom. The number of amides is 1. The highest BCUT2D eigenvalue weighted by atomic mass is 19.1. The van der Waals surface area contributed by atoms with Crippen LogP contribution in [0.5, 0.6) is 0 Å². The number of hydrogen-bond donors (Lipinski definition) is 0. The summed E-state index contributed by atoms with van der Waals surface area (Å²) in [6.07, 6.45) is 5.21. The molecular weight excluding hydrogens is 323 g/mol. The van der Waals surface area contributed by atoms with Crippen molar-refractivity contribution in [2.45, 2.75) is 50.0 Å². The molecule has 1 saturated carbocycles. The Hall–Kier alpha value is -1.53. The molecule has 2 aliphatic heterocycles. The number of likely N-dealkylation sites (tertiary alicyclic amines) is 1. The lowest BCUT2D eigenvalue weighted by atomic mass is 9.75. The molecule has 0 unspecified atom stereocenters. The summed E-state index contributed by atoms with van der Waals surface area (Å²) in [6.45, 7) is 2.93. The van der Waals surface area contributed by atoms with Gasteiger partial charge < -0.3 is 14.4 Å². The molecule has 0 N–H and O–H groups in total. The number of carbonyl (C=O) groups is 1. The third kappa shape index (κ3) is 3.17. The zero-order valence-corrected chi connectivity index (χ0v) is 14.5. The highest BCUT2D eigenvalue weighted by Gasteiger charge is 2.58. The van der Waals surface area contributed by atoms with Crippen LogP contribution in [-0.4, -0.2) is 53.4 Å². The molecule has 2 saturated heterocycles. The van der Waals surface area contributed by atoms with E-state index in [0.29, 0.717) is 51.7 Å². The molecule has 136 valence electrons. The van der Waals surface area contributed by atoms with Crippen molar-refractivity contribution in [1.29, 1.82) is 0 Å². The number of rotatable bonds is 6. The number of nitrogens with zero attached hydrogens (tertiary/aromatic N) is 2. The highest BCUT2D eigenvalue weighted by Crippen LogP contribution is 2.45. The topological polar surface area (TPSA) is 51.7 Å². The van der Waals surface area contributed by atoms with Crippen LogP contribution >= 0.6 is 0 Å². The van der Waals surface area contributed by atoms with E-state index in [9.17, 15) is 9.18 Å². The molecule has 1 aromatic heterocycles. The summed E-state index contributed by atoms with van der Waals surface area (Å²) in [4.78, 5) is 18.1. The van der Waals surface area contributed by atoms with Gasteiger partial charge in [-0.05, 0) is 50.2 Å². The minimum Gasteiger partial charge on any atom is -0.375 e. The first-order valence-corrected chi connectivity index (χ1v) is 9.21. The maximum atomic E-state index is 14.3. The van der Waals surface area contributed by atoms with Gasteiger partial charge in [-0.3, -0.25) is 9.78 Å². The quantitative estimate of drug-likeness (QED) is 0.741. The molecule has 6 heteroatoms. The number of carbonyl (C=O) groups excluding carboxylic acids is 1. The van der Waals surface area contributed by atoms with Crippen LogP contribution in [0.2, 0.25) is 0 Å². The molecule has 0 bridgehead atoms. The van der Waals surface area contributed by atoms with Gasteiger partial charge in [-0.1, -0.05) is 6.07 Å². The van der Waals surface area contributed by atoms with Gasteiger partial charge in [0.25, 0.3) is 5.91 Å². The van der Waals surface area contributed by atoms with Crippen molar-refractivity contribution in [3.8, 4) is 0 Å². The second-order valence-electron chi connectivity index (χ2n) is 7.54. The monoisotopic (exact) mass is 348 g/mol. The molecule has 1 aliphatic carbocycles. The molecule has 3 fully saturated rings. The van der Waals surface area contributed by atoms with Crippen LogP contribution in [-0.2, 0) is 20.9 Å². The van der Waals surface area contributed by atoms with E-state index in [-0.39, 0.29) is 11.5 Å². The number of ether oxygens (including phenoxy) is 2. The first-order chi connectivity index (χ1) is 12.1. The molecule has 1 amide bonds. The lowest BCUT2D eigenvalue weighted by Crippen LogP contribution is -2.69. The first-order valence-electron chi connectivity index (χ1n) is 9.21. The maximum absolute atomic E-state index is 14.3. The molecule has 1 aromatic rings. The van der Waals surface area contributed by atoms with E-state index in [4.69, 9.17) is 9.47 Å². The van der Waals surface area contributed by atoms with Gasteiger partial charge in [0, 0.05) is 19.4 Å². The minimum absolute atomic E-state index is 0.274. The van der Waals surface area contributed by atoms with Gasteiger partial charge in [-0.25, -0.2) is 4.39 Å². The van der Waals surface area contributed by atoms with Crippen molar-refractivity contribution in [3.63, 3.8) is 0 Å². The van der Waals surface area contributed by atoms with Gasteiger partial charge >= 0.3 is 0 Å². The summed E-state index contributed by atoms with van der Waals surface area (Å²) in [6, 6.07) is 5.78. The smallest absolute Gasteiger partial charge is 0.260 e. The summed E-state index contributed by atoms with van der Waals surface area (Å²) in [5.41, 5.74) is -0.944. The molecule has 5 nitrogen and oxygen atoms in total. The second-order valence-corrected chi connectivity index (χ2v) is 7.54. The number of alkyl halides is 1. The van der Waals surface area contributed by atoms with Crippen LogP contribution in [0.25, 0.3) is 0 Å². The van der Waals surface area contributed by atoms with Gasteiger partial charge in [0.15, 0.2) is 5.67 Å². The molecule has 4 rings (SSSR count). The summed E-state index contributed by atoms with van der Waals surface area (Å²) in [5.74, 6) is 0.0438. The lowest BCUT2D eigenvalue weighted by Gasteiger charge is -2.52. The number of halogens is 1. The van der Waals surface area contributed by atoms with Gasteiger partial charge in [0.2, 0.25) is 0 Å². The van der Waals surface area contributed by atoms with Crippen molar-refractivity contribution in [3.05, 3.63) is 30.1 Å². The fourth-order valence-electron chi connectivity index (χ4n) is 4.16. The average Bonchev–Trinajstić information content (AvgIpc) is 2.99. The number of pyridine rings is 1. The summed E-state index contributed by atoms with van der Waals surface area (Å²) < 4.78 is 26.0. The zero-order chi connectivity index (χ0) is 17.3. The van der Waals surface area contributed by atoms with Gasteiger partial charge in [-0.15, -0.1) is 0 Å². The Morgan fingerprint density at radius 2 is 2.24 bits per heavy atom. The van der Waals surface area contributed by atoms with Crippen molar-refractivity contribution in [2.24, 2.45) is 5.92 Å². The van der Waals surface area contributed by atoms with Gasteiger partial charge in [0.05, 0.1) is 25.4 Å². The molecule has 1 atom stereocenters. The number of aromatic nitrogens is 1. The van der Waals surface area contributed by atoms with Crippen LogP contribution < -0.4 is 0 Å². The van der Waals surface area contributed by atoms with E-state index in [1.54, 1.807) is 11.1 Å². The first kappa shape index (κ1) is 16.9. The van der Waals surface area contributed by atoms with E-state index < -0.39 is 5.67 Å². The lowest BCUT2D eigenvalue weighted by molar-refractivity contribution is -0.181. The molecule has 0 aromatic carbocycles. The highest BCUT2D eigenvalue weighted by molar-refractivity contribution is 5.87. The Labute approximate surface area is 147 Å². The Kier molecular flexibility index (Phi) is 4.50. The molecule has 0 radical (unpaired) electrons. The minimum atomic E-state index is -1.60. The van der Waals surface area contributed by atoms with Crippen molar-refractivity contribution in [1.82, 2.24) is 9.88 Å². The molecule has 3 aliphatic rings. The van der Waals surface area contributed by atoms with Crippen molar-refractivity contribution in [2.75, 3.05) is 26.3 Å². The summed E-state index contributed by atoms with van der Waals surface area (Å²) >= 11 is 0. The Balaban J connectivity index is 1.24. The van der Waals surface area contributed by atoms with E-state index >= 15 is 0 Å². The normalized spacial score (nSPS) is 26.3. The standard InChI is InChI=1S/C19H25FN2O3/c20-18(7-3-8-18)17(23)22-13-19(14-22)15(6-11-25-19)5-10-24-12-16-4-1-2-9-21-16/h1-2,4,9,15H,3,5-8,10-14H2/t15-/m0/s1. The third-order valence-corrected chi connectivity index (χ3v) is 5.92. The second kappa shape index (κ2) is 6.65. The Bertz CT molecular complexity index is 614. The van der Waals surface area contributed by atoms with Crippen LogP contribution in [0, 0.1) is 5.92 Å². The van der Waals surface area contributed by atoms with Crippen LogP contribution in [0.1, 0.15) is 37.8 Å². The predicted octanol–water partition coefficient (Wildman–Crippen LogP) is 2.50. The van der Waals surface area contributed by atoms with E-state index in [1.807, 2.05) is 18.2 Å². The maximum Gasteiger partial charge on any atom is 0.260 e. The zero-order valence-electron chi connectivity index (χ0n) is 14.5. The van der Waals surface area contributed by atoms with Crippen molar-refractivity contribution < 1.29 is 18.7 Å². The van der Waals surface area contributed by atoms with Gasteiger partial charge in [-0.2, -0.15) is 0 Å². The van der Waals surface area contributed by atoms with Crippen LogP contribution in [0.3, 0.4) is 0 Å². The Morgan fingerprint density at radius 3 is 2.92 bits per heavy atom. The van der Waals surface area contributed by atoms with Crippen molar-refractivity contribution >= 4 is 5.91 Å². The van der Waals surface area contributed by atoms with E-state index in [0.717, 1.165) is 25.0 Å². The van der Waals surface area contributed by atoms with E-state index in [1.165, 1.54) is 0 Å². The molecular formula is C19H25FN2O3. The third-order valence-electron chi connectivity index (χ3n) is 5.92. The van der Waals surface area contributed by atoms with E-state index in [2.05, 4.69) is 4.98 Å².